The van der Waals surface area contributed by atoms with Gasteiger partial charge in [-0.15, -0.1) is 15.3 Å². The van der Waals surface area contributed by atoms with Crippen LogP contribution in [0.1, 0.15) is 6.92 Å². The van der Waals surface area contributed by atoms with Crippen LogP contribution in [0.5, 0.6) is 5.88 Å². The molecule has 0 bridgehead atoms. The van der Waals surface area contributed by atoms with Crippen LogP contribution in [0.4, 0.5) is 0 Å². The van der Waals surface area contributed by atoms with E-state index >= 15 is 0 Å². The van der Waals surface area contributed by atoms with Crippen LogP contribution in [0.3, 0.4) is 0 Å². The number of ether oxygens (including phenoxy) is 1. The van der Waals surface area contributed by atoms with E-state index in [1.165, 1.54) is 13.0 Å². The Kier molecular flexibility index (Phi) is 2.25. The highest BCUT2D eigenvalue weighted by Gasteiger charge is 2.06. The van der Waals surface area contributed by atoms with Gasteiger partial charge in [0.15, 0.2) is 0 Å². The van der Waals surface area contributed by atoms with Crippen LogP contribution in [-0.4, -0.2) is 31.6 Å². The number of nitrogens with one attached hydrogen (secondary N) is 1. The molecular formula is C8H5N5O2. The van der Waals surface area contributed by atoms with Crippen molar-refractivity contribution in [2.24, 2.45) is 0 Å². The van der Waals surface area contributed by atoms with Crippen LogP contribution in [-0.2, 0) is 4.79 Å². The molecule has 2 aromatic heterocycles. The predicted molar refractivity (Wildman–Crippen MR) is 48.6 cm³/mol. The molecule has 15 heavy (non-hydrogen) atoms. The van der Waals surface area contributed by atoms with Crippen LogP contribution < -0.4 is 4.74 Å². The first-order valence-corrected chi connectivity index (χ1v) is 3.98. The lowest BCUT2D eigenvalue weighted by molar-refractivity contribution is -0.128. The molecule has 0 radical (unpaired) electrons. The quantitative estimate of drug-likeness (QED) is 0.387. The van der Waals surface area contributed by atoms with Gasteiger partial charge >= 0.3 is 5.97 Å². The number of H-pyrrole nitrogens is 1. The number of fused-ring (bicyclic) bond motifs is 1. The van der Waals surface area contributed by atoms with Crippen molar-refractivity contribution >= 4 is 17.1 Å². The Hall–Kier alpha value is -2.49. The molecule has 2 heterocycles. The second kappa shape index (κ2) is 3.71. The molecule has 0 aliphatic carbocycles. The molecule has 2 aromatic rings. The zero-order chi connectivity index (χ0) is 10.7. The summed E-state index contributed by atoms with van der Waals surface area (Å²) < 4.78 is 4.76. The van der Waals surface area contributed by atoms with Crippen molar-refractivity contribution in [2.75, 3.05) is 0 Å². The third-order valence-electron chi connectivity index (χ3n) is 1.48. The molecule has 0 fully saturated rings. The number of nitrogens with zero attached hydrogens (tertiary/aromatic N) is 4. The van der Waals surface area contributed by atoms with Crippen molar-refractivity contribution in [1.82, 2.24) is 25.6 Å². The van der Waals surface area contributed by atoms with Crippen molar-refractivity contribution in [3.05, 3.63) is 6.07 Å². The first-order chi connectivity index (χ1) is 7.29. The summed E-state index contributed by atoms with van der Waals surface area (Å²) in [6.45, 7) is 1.54. The monoisotopic (exact) mass is 203 g/mol. The molecule has 1 N–H and O–H groups in total. The summed E-state index contributed by atoms with van der Waals surface area (Å²) in [5.74, 6) is 3.99. The van der Waals surface area contributed by atoms with E-state index in [1.807, 2.05) is 0 Å². The van der Waals surface area contributed by atoms with E-state index in [1.54, 1.807) is 0 Å². The average Bonchev–Trinajstić information content (AvgIpc) is 2.65. The van der Waals surface area contributed by atoms with Gasteiger partial charge in [-0.1, -0.05) is 5.92 Å². The molecule has 7 heteroatoms. The van der Waals surface area contributed by atoms with Crippen LogP contribution in [0.25, 0.3) is 11.2 Å². The highest BCUT2D eigenvalue weighted by molar-refractivity contribution is 5.90. The molecule has 0 aromatic carbocycles. The molecule has 7 nitrogen and oxygen atoms in total. The topological polar surface area (TPSA) is 93.7 Å². The fraction of sp³-hybridized carbons (Fsp3) is 0.125. The summed E-state index contributed by atoms with van der Waals surface area (Å²) in [5, 5.41) is 17.1. The van der Waals surface area contributed by atoms with Crippen molar-refractivity contribution in [3.63, 3.8) is 0 Å². The van der Waals surface area contributed by atoms with E-state index < -0.39 is 5.97 Å². The van der Waals surface area contributed by atoms with Gasteiger partial charge in [-0.05, 0) is 6.92 Å². The Balaban J connectivity index is 2.27. The first-order valence-electron chi connectivity index (χ1n) is 3.98. The Labute approximate surface area is 83.8 Å². The number of aromatic amines is 1. The van der Waals surface area contributed by atoms with Gasteiger partial charge in [-0.3, -0.25) is 0 Å². The maximum absolute atomic E-state index is 11.0. The molecule has 0 saturated carbocycles. The highest BCUT2D eigenvalue weighted by Crippen LogP contribution is 2.10. The summed E-state index contributed by atoms with van der Waals surface area (Å²) in [6.07, 6.45) is 0. The Morgan fingerprint density at radius 3 is 3.13 bits per heavy atom. The fourth-order valence-electron chi connectivity index (χ4n) is 0.919. The van der Waals surface area contributed by atoms with E-state index in [0.29, 0.717) is 11.2 Å². The fourth-order valence-corrected chi connectivity index (χ4v) is 0.919. The smallest absolute Gasteiger partial charge is 0.391 e. The first kappa shape index (κ1) is 9.08. The third-order valence-corrected chi connectivity index (χ3v) is 1.48. The van der Waals surface area contributed by atoms with Crippen molar-refractivity contribution in [3.8, 4) is 17.7 Å². The lowest BCUT2D eigenvalue weighted by Gasteiger charge is -1.95. The molecule has 74 valence electrons. The normalized spacial score (nSPS) is 9.40. The number of esters is 1. The van der Waals surface area contributed by atoms with Crippen molar-refractivity contribution in [2.45, 2.75) is 6.92 Å². The summed E-state index contributed by atoms with van der Waals surface area (Å²) in [4.78, 5) is 11.0. The largest absolute Gasteiger partial charge is 0.396 e. The molecule has 0 atom stereocenters. The zero-order valence-electron chi connectivity index (χ0n) is 7.68. The van der Waals surface area contributed by atoms with Gasteiger partial charge in [0.25, 0.3) is 0 Å². The van der Waals surface area contributed by atoms with Gasteiger partial charge < -0.3 is 4.74 Å². The summed E-state index contributed by atoms with van der Waals surface area (Å²) in [5.41, 5.74) is 0.827. The number of carbonyl (C=O) groups excluding carboxylic acids is 1. The maximum atomic E-state index is 11.0. The molecule has 2 rings (SSSR count). The van der Waals surface area contributed by atoms with Crippen LogP contribution >= 0.6 is 0 Å². The van der Waals surface area contributed by atoms with E-state index in [-0.39, 0.29) is 5.88 Å². The molecule has 0 amide bonds. The lowest BCUT2D eigenvalue weighted by atomic mass is 10.5. The van der Waals surface area contributed by atoms with Gasteiger partial charge in [0.05, 0.1) is 0 Å². The predicted octanol–water partition coefficient (Wildman–Crippen LogP) is -0.323. The third kappa shape index (κ3) is 1.88. The molecule has 0 aliphatic rings. The van der Waals surface area contributed by atoms with E-state index in [2.05, 4.69) is 37.4 Å². The van der Waals surface area contributed by atoms with E-state index in [0.717, 1.165) is 0 Å². The number of aromatic nitrogens is 5. The minimum Gasteiger partial charge on any atom is -0.396 e. The number of hydrogen-bond donors (Lipinski definition) is 1. The van der Waals surface area contributed by atoms with Gasteiger partial charge in [0, 0.05) is 12.0 Å². The lowest BCUT2D eigenvalue weighted by Crippen LogP contribution is -2.06. The molecular weight excluding hydrogens is 198 g/mol. The molecule has 0 unspecified atom stereocenters. The Morgan fingerprint density at radius 1 is 1.47 bits per heavy atom. The minimum absolute atomic E-state index is 0.0455. The van der Waals surface area contributed by atoms with Gasteiger partial charge in [-0.2, -0.15) is 10.3 Å². The van der Waals surface area contributed by atoms with E-state index in [4.69, 9.17) is 4.74 Å². The molecule has 0 spiro atoms. The number of rotatable bonds is 1. The van der Waals surface area contributed by atoms with E-state index in [9.17, 15) is 4.79 Å². The van der Waals surface area contributed by atoms with Crippen LogP contribution in [0.15, 0.2) is 6.07 Å². The SMILES string of the molecule is CC#CC(=O)Oc1cc2n[nH]nc2nn1. The van der Waals surface area contributed by atoms with Gasteiger partial charge in [0.2, 0.25) is 11.5 Å². The minimum atomic E-state index is -0.686. The Bertz CT molecular complexity index is 565. The van der Waals surface area contributed by atoms with Crippen LogP contribution in [0, 0.1) is 11.8 Å². The average molecular weight is 203 g/mol. The van der Waals surface area contributed by atoms with Crippen molar-refractivity contribution < 1.29 is 9.53 Å². The molecule has 0 aliphatic heterocycles. The summed E-state index contributed by atoms with van der Waals surface area (Å²) in [7, 11) is 0. The maximum Gasteiger partial charge on any atom is 0.391 e. The second-order valence-corrected chi connectivity index (χ2v) is 2.48. The molecule has 0 saturated heterocycles. The highest BCUT2D eigenvalue weighted by atomic mass is 16.5. The Morgan fingerprint density at radius 2 is 2.33 bits per heavy atom. The van der Waals surface area contributed by atoms with Gasteiger partial charge in [-0.25, -0.2) is 4.79 Å². The zero-order valence-corrected chi connectivity index (χ0v) is 7.68. The van der Waals surface area contributed by atoms with Crippen LogP contribution in [0.2, 0.25) is 0 Å². The van der Waals surface area contributed by atoms with Gasteiger partial charge in [0.1, 0.15) is 5.52 Å². The second-order valence-electron chi connectivity index (χ2n) is 2.48. The van der Waals surface area contributed by atoms with Crippen molar-refractivity contribution in [1.29, 1.82) is 0 Å². The number of hydrogen-bond acceptors (Lipinski definition) is 6. The summed E-state index contributed by atoms with van der Waals surface area (Å²) in [6, 6.07) is 1.45. The number of carbonyl (C=O) groups is 1. The summed E-state index contributed by atoms with van der Waals surface area (Å²) >= 11 is 0. The standard InChI is InChI=1S/C8H5N5O2/c1-2-3-7(14)15-6-4-5-8(11-10-6)12-13-9-5/h4H,1H3,(H,9,11,12,13).